The van der Waals surface area contributed by atoms with Crippen LogP contribution in [0.1, 0.15) is 43.7 Å². The fourth-order valence-electron chi connectivity index (χ4n) is 2.77. The molecule has 0 aliphatic heterocycles. The average Bonchev–Trinajstić information content (AvgIpc) is 2.92. The highest BCUT2D eigenvalue weighted by atomic mass is 15.5. The molecule has 1 saturated carbocycles. The van der Waals surface area contributed by atoms with Gasteiger partial charge in [0, 0.05) is 11.3 Å². The summed E-state index contributed by atoms with van der Waals surface area (Å²) >= 11 is 0. The molecule has 0 radical (unpaired) electrons. The average molecular weight is 257 g/mol. The molecule has 5 heteroatoms. The van der Waals surface area contributed by atoms with Gasteiger partial charge in [0.1, 0.15) is 0 Å². The number of tetrazole rings is 1. The second kappa shape index (κ2) is 4.99. The third-order valence-electron chi connectivity index (χ3n) is 3.94. The Morgan fingerprint density at radius 3 is 2.74 bits per heavy atom. The van der Waals surface area contributed by atoms with E-state index in [1.54, 1.807) is 0 Å². The van der Waals surface area contributed by atoms with E-state index in [1.165, 1.54) is 32.1 Å². The van der Waals surface area contributed by atoms with Crippen LogP contribution in [-0.4, -0.2) is 20.2 Å². The Labute approximate surface area is 112 Å². The van der Waals surface area contributed by atoms with Gasteiger partial charge in [0.2, 0.25) is 0 Å². The third-order valence-corrected chi connectivity index (χ3v) is 3.94. The first kappa shape index (κ1) is 12.1. The molecule has 3 rings (SSSR count). The zero-order valence-electron chi connectivity index (χ0n) is 11.2. The molecule has 1 aliphatic carbocycles. The summed E-state index contributed by atoms with van der Waals surface area (Å²) in [6.07, 6.45) is 6.21. The zero-order chi connectivity index (χ0) is 13.2. The Hall–Kier alpha value is -1.91. The normalized spacial score (nSPS) is 16.7. The summed E-state index contributed by atoms with van der Waals surface area (Å²) in [5, 5.41) is 12.2. The van der Waals surface area contributed by atoms with Gasteiger partial charge in [-0.05, 0) is 54.0 Å². The third kappa shape index (κ3) is 2.32. The quantitative estimate of drug-likeness (QED) is 0.840. The topological polar surface area (TPSA) is 69.6 Å². The first-order chi connectivity index (χ1) is 9.25. The Kier molecular flexibility index (Phi) is 3.19. The fraction of sp³-hybridized carbons (Fsp3) is 0.500. The van der Waals surface area contributed by atoms with Gasteiger partial charge in [-0.1, -0.05) is 19.3 Å². The van der Waals surface area contributed by atoms with E-state index in [2.05, 4.69) is 21.6 Å². The molecule has 1 aromatic carbocycles. The number of benzene rings is 1. The molecule has 1 aliphatic rings. The van der Waals surface area contributed by atoms with Gasteiger partial charge in [0.05, 0.1) is 6.04 Å². The van der Waals surface area contributed by atoms with Gasteiger partial charge in [-0.15, -0.1) is 5.10 Å². The summed E-state index contributed by atoms with van der Waals surface area (Å²) < 4.78 is 1.99. The zero-order valence-corrected chi connectivity index (χ0v) is 11.2. The summed E-state index contributed by atoms with van der Waals surface area (Å²) in [4.78, 5) is 0. The van der Waals surface area contributed by atoms with Crippen LogP contribution in [0.4, 0.5) is 5.69 Å². The van der Waals surface area contributed by atoms with Crippen molar-refractivity contribution in [3.05, 3.63) is 23.8 Å². The lowest BCUT2D eigenvalue weighted by molar-refractivity contribution is 0.327. The number of hydrogen-bond donors (Lipinski definition) is 1. The number of aromatic nitrogens is 4. The van der Waals surface area contributed by atoms with Gasteiger partial charge in [0.25, 0.3) is 0 Å². The summed E-state index contributed by atoms with van der Waals surface area (Å²) in [7, 11) is 0. The van der Waals surface area contributed by atoms with Gasteiger partial charge in [-0.25, -0.2) is 4.68 Å². The maximum Gasteiger partial charge on any atom is 0.182 e. The Balaban J connectivity index is 1.96. The molecule has 1 fully saturated rings. The first-order valence-corrected chi connectivity index (χ1v) is 6.90. The van der Waals surface area contributed by atoms with Gasteiger partial charge in [-0.3, -0.25) is 0 Å². The van der Waals surface area contributed by atoms with Gasteiger partial charge in [-0.2, -0.15) is 0 Å². The lowest BCUT2D eigenvalue weighted by atomic mass is 9.95. The molecule has 0 unspecified atom stereocenters. The van der Waals surface area contributed by atoms with Crippen LogP contribution in [-0.2, 0) is 0 Å². The molecule has 0 bridgehead atoms. The monoisotopic (exact) mass is 257 g/mol. The Bertz CT molecular complexity index is 569. The minimum atomic E-state index is 0.441. The van der Waals surface area contributed by atoms with E-state index in [1.807, 2.05) is 23.7 Å². The van der Waals surface area contributed by atoms with Crippen molar-refractivity contribution in [3.8, 4) is 11.4 Å². The number of hydrogen-bond acceptors (Lipinski definition) is 4. The van der Waals surface area contributed by atoms with Crippen LogP contribution in [0.15, 0.2) is 18.2 Å². The summed E-state index contributed by atoms with van der Waals surface area (Å²) in [6, 6.07) is 6.41. The molecule has 0 amide bonds. The minimum absolute atomic E-state index is 0.441. The van der Waals surface area contributed by atoms with Gasteiger partial charge in [0.15, 0.2) is 5.82 Å². The second-order valence-electron chi connectivity index (χ2n) is 5.31. The predicted octanol–water partition coefficient (Wildman–Crippen LogP) is 2.74. The number of nitrogen functional groups attached to an aromatic ring is 1. The molecule has 19 heavy (non-hydrogen) atoms. The highest BCUT2D eigenvalue weighted by molar-refractivity contribution is 5.61. The largest absolute Gasteiger partial charge is 0.399 e. The number of anilines is 1. The fourth-order valence-corrected chi connectivity index (χ4v) is 2.77. The Morgan fingerprint density at radius 2 is 2.00 bits per heavy atom. The second-order valence-corrected chi connectivity index (χ2v) is 5.31. The Morgan fingerprint density at radius 1 is 1.21 bits per heavy atom. The van der Waals surface area contributed by atoms with E-state index in [0.717, 1.165) is 22.6 Å². The van der Waals surface area contributed by atoms with E-state index in [0.29, 0.717) is 6.04 Å². The predicted molar refractivity (Wildman–Crippen MR) is 74.5 cm³/mol. The van der Waals surface area contributed by atoms with Crippen molar-refractivity contribution in [3.63, 3.8) is 0 Å². The molecule has 5 nitrogen and oxygen atoms in total. The molecule has 2 aromatic rings. The van der Waals surface area contributed by atoms with Crippen molar-refractivity contribution >= 4 is 5.69 Å². The summed E-state index contributed by atoms with van der Waals surface area (Å²) in [5.41, 5.74) is 8.78. The molecule has 0 atom stereocenters. The van der Waals surface area contributed by atoms with Gasteiger partial charge >= 0.3 is 0 Å². The highest BCUT2D eigenvalue weighted by Gasteiger charge is 2.20. The SMILES string of the molecule is Cc1cc(-c2nnnn2C2CCCCC2)ccc1N. The summed E-state index contributed by atoms with van der Waals surface area (Å²) in [6.45, 7) is 2.01. The highest BCUT2D eigenvalue weighted by Crippen LogP contribution is 2.31. The molecular formula is C14H19N5. The van der Waals surface area contributed by atoms with E-state index in [9.17, 15) is 0 Å². The number of rotatable bonds is 2. The van der Waals surface area contributed by atoms with Crippen molar-refractivity contribution in [2.24, 2.45) is 0 Å². The molecular weight excluding hydrogens is 238 g/mol. The number of aryl methyl sites for hydroxylation is 1. The number of nitrogens with zero attached hydrogens (tertiary/aromatic N) is 4. The van der Waals surface area contributed by atoms with Crippen molar-refractivity contribution in [1.29, 1.82) is 0 Å². The maximum atomic E-state index is 5.86. The minimum Gasteiger partial charge on any atom is -0.399 e. The van der Waals surface area contributed by atoms with Crippen LogP contribution in [0.25, 0.3) is 11.4 Å². The molecule has 0 saturated heterocycles. The van der Waals surface area contributed by atoms with Crippen molar-refractivity contribution in [2.45, 2.75) is 45.1 Å². The number of nitrogens with two attached hydrogens (primary N) is 1. The van der Waals surface area contributed by atoms with Crippen LogP contribution in [0.5, 0.6) is 0 Å². The van der Waals surface area contributed by atoms with Gasteiger partial charge < -0.3 is 5.73 Å². The van der Waals surface area contributed by atoms with Crippen LogP contribution < -0.4 is 5.73 Å². The van der Waals surface area contributed by atoms with E-state index in [-0.39, 0.29) is 0 Å². The van der Waals surface area contributed by atoms with Crippen LogP contribution in [0, 0.1) is 6.92 Å². The van der Waals surface area contributed by atoms with Crippen molar-refractivity contribution in [1.82, 2.24) is 20.2 Å². The molecule has 100 valence electrons. The van der Waals surface area contributed by atoms with Crippen molar-refractivity contribution in [2.75, 3.05) is 5.73 Å². The standard InChI is InChI=1S/C14H19N5/c1-10-9-11(7-8-13(10)15)14-16-17-18-19(14)12-5-3-2-4-6-12/h7-9,12H,2-6,15H2,1H3. The van der Waals surface area contributed by atoms with Crippen LogP contribution in [0.3, 0.4) is 0 Å². The van der Waals surface area contributed by atoms with Crippen LogP contribution >= 0.6 is 0 Å². The van der Waals surface area contributed by atoms with Crippen LogP contribution in [0.2, 0.25) is 0 Å². The lowest BCUT2D eigenvalue weighted by Gasteiger charge is -2.22. The maximum absolute atomic E-state index is 5.86. The molecule has 2 N–H and O–H groups in total. The van der Waals surface area contributed by atoms with Crippen molar-refractivity contribution < 1.29 is 0 Å². The first-order valence-electron chi connectivity index (χ1n) is 6.90. The molecule has 1 aromatic heterocycles. The van der Waals surface area contributed by atoms with E-state index >= 15 is 0 Å². The smallest absolute Gasteiger partial charge is 0.182 e. The molecule has 0 spiro atoms. The summed E-state index contributed by atoms with van der Waals surface area (Å²) in [5.74, 6) is 0.856. The molecule has 1 heterocycles. The van der Waals surface area contributed by atoms with E-state index in [4.69, 9.17) is 5.73 Å². The van der Waals surface area contributed by atoms with E-state index < -0.39 is 0 Å². The lowest BCUT2D eigenvalue weighted by Crippen LogP contribution is -2.15.